The SMILES string of the molecule is O=S(=O)(Nn1nc(-c2ccc(Cl)cc2)c(C(F)(F)F)c1-c1ccc(Cl)cc1)c1ccccc1. The molecule has 0 fully saturated rings. The smallest absolute Gasteiger partial charge is 0.200 e. The topological polar surface area (TPSA) is 64.0 Å². The van der Waals surface area contributed by atoms with Crippen molar-refractivity contribution in [2.75, 3.05) is 4.83 Å². The molecule has 3 aromatic carbocycles. The maximum atomic E-state index is 14.3. The molecule has 0 aliphatic heterocycles. The monoisotopic (exact) mass is 511 g/mol. The van der Waals surface area contributed by atoms with Gasteiger partial charge in [-0.15, -0.1) is 0 Å². The highest BCUT2D eigenvalue weighted by molar-refractivity contribution is 7.92. The predicted molar refractivity (Wildman–Crippen MR) is 121 cm³/mol. The van der Waals surface area contributed by atoms with Crippen molar-refractivity contribution in [1.29, 1.82) is 0 Å². The molecule has 170 valence electrons. The number of hydrogen-bond acceptors (Lipinski definition) is 3. The van der Waals surface area contributed by atoms with Crippen molar-refractivity contribution < 1.29 is 21.6 Å². The summed E-state index contributed by atoms with van der Waals surface area (Å²) in [5.41, 5.74) is -1.87. The summed E-state index contributed by atoms with van der Waals surface area (Å²) in [6.45, 7) is 0. The second-order valence-corrected chi connectivity index (χ2v) is 9.44. The molecule has 0 aliphatic carbocycles. The molecule has 11 heteroatoms. The van der Waals surface area contributed by atoms with E-state index in [2.05, 4.69) is 9.93 Å². The summed E-state index contributed by atoms with van der Waals surface area (Å²) in [7, 11) is -4.25. The van der Waals surface area contributed by atoms with Crippen molar-refractivity contribution in [2.24, 2.45) is 0 Å². The lowest BCUT2D eigenvalue weighted by Crippen LogP contribution is -2.25. The molecule has 0 amide bonds. The zero-order chi connectivity index (χ0) is 23.8. The van der Waals surface area contributed by atoms with E-state index in [4.69, 9.17) is 23.2 Å². The first-order valence-electron chi connectivity index (χ1n) is 9.36. The van der Waals surface area contributed by atoms with Crippen LogP contribution in [-0.4, -0.2) is 18.3 Å². The van der Waals surface area contributed by atoms with E-state index in [0.29, 0.717) is 14.8 Å². The molecule has 0 saturated carbocycles. The van der Waals surface area contributed by atoms with Crippen molar-refractivity contribution >= 4 is 33.2 Å². The van der Waals surface area contributed by atoms with E-state index in [9.17, 15) is 21.6 Å². The number of sulfonamides is 1. The van der Waals surface area contributed by atoms with Crippen LogP contribution in [0.5, 0.6) is 0 Å². The van der Waals surface area contributed by atoms with E-state index in [-0.39, 0.29) is 16.0 Å². The second-order valence-electron chi connectivity index (χ2n) is 6.90. The Kier molecular flexibility index (Phi) is 6.13. The van der Waals surface area contributed by atoms with Gasteiger partial charge in [-0.05, 0) is 36.4 Å². The van der Waals surface area contributed by atoms with Crippen LogP contribution in [0, 0.1) is 0 Å². The van der Waals surface area contributed by atoms with Gasteiger partial charge in [-0.3, -0.25) is 0 Å². The number of rotatable bonds is 5. The Balaban J connectivity index is 1.98. The minimum atomic E-state index is -4.86. The molecular weight excluding hydrogens is 498 g/mol. The normalized spacial score (nSPS) is 12.0. The van der Waals surface area contributed by atoms with Crippen molar-refractivity contribution in [3.05, 3.63) is 94.5 Å². The molecule has 4 rings (SSSR count). The first-order chi connectivity index (χ1) is 15.6. The van der Waals surface area contributed by atoms with E-state index >= 15 is 0 Å². The number of alkyl halides is 3. The Morgan fingerprint density at radius 3 is 1.82 bits per heavy atom. The van der Waals surface area contributed by atoms with Gasteiger partial charge in [0.2, 0.25) is 0 Å². The maximum Gasteiger partial charge on any atom is 0.420 e. The lowest BCUT2D eigenvalue weighted by molar-refractivity contribution is -0.136. The fourth-order valence-corrected chi connectivity index (χ4v) is 4.44. The molecule has 0 radical (unpaired) electrons. The minimum absolute atomic E-state index is 0.0650. The lowest BCUT2D eigenvalue weighted by Gasteiger charge is -2.14. The van der Waals surface area contributed by atoms with Crippen molar-refractivity contribution in [1.82, 2.24) is 9.89 Å². The summed E-state index contributed by atoms with van der Waals surface area (Å²) in [6.07, 6.45) is -4.86. The highest BCUT2D eigenvalue weighted by atomic mass is 35.5. The minimum Gasteiger partial charge on any atom is -0.200 e. The van der Waals surface area contributed by atoms with Crippen molar-refractivity contribution in [3.63, 3.8) is 0 Å². The average molecular weight is 512 g/mol. The first kappa shape index (κ1) is 23.2. The maximum absolute atomic E-state index is 14.3. The van der Waals surface area contributed by atoms with Gasteiger partial charge in [-0.2, -0.15) is 36.3 Å². The fourth-order valence-electron chi connectivity index (χ4n) is 3.20. The van der Waals surface area contributed by atoms with Crippen LogP contribution in [0.2, 0.25) is 10.0 Å². The van der Waals surface area contributed by atoms with Crippen LogP contribution in [0.1, 0.15) is 5.56 Å². The summed E-state index contributed by atoms with van der Waals surface area (Å²) < 4.78 is 68.8. The Labute approximate surface area is 197 Å². The van der Waals surface area contributed by atoms with Gasteiger partial charge < -0.3 is 0 Å². The van der Waals surface area contributed by atoms with Gasteiger partial charge in [0.25, 0.3) is 10.0 Å². The van der Waals surface area contributed by atoms with Crippen LogP contribution < -0.4 is 4.83 Å². The Bertz CT molecular complexity index is 1390. The average Bonchev–Trinajstić information content (AvgIpc) is 3.14. The first-order valence-corrected chi connectivity index (χ1v) is 11.6. The number of hydrogen-bond donors (Lipinski definition) is 1. The van der Waals surface area contributed by atoms with Gasteiger partial charge in [-0.25, -0.2) is 0 Å². The van der Waals surface area contributed by atoms with Crippen LogP contribution >= 0.6 is 23.2 Å². The van der Waals surface area contributed by atoms with E-state index in [0.717, 1.165) is 0 Å². The van der Waals surface area contributed by atoms with Gasteiger partial charge in [0, 0.05) is 21.2 Å². The van der Waals surface area contributed by atoms with Crippen molar-refractivity contribution in [3.8, 4) is 22.5 Å². The van der Waals surface area contributed by atoms with Crippen LogP contribution in [0.15, 0.2) is 83.8 Å². The molecule has 0 bridgehead atoms. The third-order valence-electron chi connectivity index (χ3n) is 4.66. The zero-order valence-electron chi connectivity index (χ0n) is 16.5. The molecule has 0 atom stereocenters. The van der Waals surface area contributed by atoms with Crippen LogP contribution in [0.4, 0.5) is 13.2 Å². The molecule has 1 heterocycles. The highest BCUT2D eigenvalue weighted by Crippen LogP contribution is 2.43. The van der Waals surface area contributed by atoms with E-state index < -0.39 is 33.2 Å². The second kappa shape index (κ2) is 8.74. The van der Waals surface area contributed by atoms with Gasteiger partial charge in [-0.1, -0.05) is 65.7 Å². The lowest BCUT2D eigenvalue weighted by atomic mass is 10.0. The Morgan fingerprint density at radius 2 is 1.30 bits per heavy atom. The number of nitrogens with zero attached hydrogens (tertiary/aromatic N) is 2. The van der Waals surface area contributed by atoms with E-state index in [1.807, 2.05) is 0 Å². The predicted octanol–water partition coefficient (Wildman–Crippen LogP) is 6.48. The molecule has 33 heavy (non-hydrogen) atoms. The summed E-state index contributed by atoms with van der Waals surface area (Å²) in [4.78, 5) is 2.64. The number of benzene rings is 3. The molecule has 0 saturated heterocycles. The summed E-state index contributed by atoms with van der Waals surface area (Å²) in [5, 5.41) is 4.65. The van der Waals surface area contributed by atoms with Gasteiger partial charge in [0.1, 0.15) is 17.0 Å². The zero-order valence-corrected chi connectivity index (χ0v) is 18.8. The molecule has 4 aromatic rings. The molecule has 0 aliphatic rings. The van der Waals surface area contributed by atoms with E-state index in [1.165, 1.54) is 72.8 Å². The van der Waals surface area contributed by atoms with E-state index in [1.54, 1.807) is 6.07 Å². The Hall–Kier alpha value is -3.01. The molecule has 1 aromatic heterocycles. The summed E-state index contributed by atoms with van der Waals surface area (Å²) in [5.74, 6) is 0. The van der Waals surface area contributed by atoms with Gasteiger partial charge in [0.15, 0.2) is 0 Å². The van der Waals surface area contributed by atoms with Gasteiger partial charge >= 0.3 is 6.18 Å². The molecular formula is C22H14Cl2F3N3O2S. The Morgan fingerprint density at radius 1 is 0.788 bits per heavy atom. The van der Waals surface area contributed by atoms with Gasteiger partial charge in [0.05, 0.1) is 4.90 Å². The third kappa shape index (κ3) is 4.85. The van der Waals surface area contributed by atoms with Crippen LogP contribution in [0.25, 0.3) is 22.5 Å². The molecule has 5 nitrogen and oxygen atoms in total. The highest BCUT2D eigenvalue weighted by Gasteiger charge is 2.41. The molecule has 0 spiro atoms. The number of nitrogens with one attached hydrogen (secondary N) is 1. The molecule has 0 unspecified atom stereocenters. The number of aromatic nitrogens is 2. The quantitative estimate of drug-likeness (QED) is 0.333. The van der Waals surface area contributed by atoms with Crippen molar-refractivity contribution in [2.45, 2.75) is 11.1 Å². The van der Waals surface area contributed by atoms with Crippen LogP contribution in [0.3, 0.4) is 0 Å². The standard InChI is InChI=1S/C22H14Cl2F3N3O2S/c23-16-10-6-14(7-11-16)20-19(22(25,26)27)21(15-8-12-17(24)13-9-15)30(28-20)29-33(31,32)18-4-2-1-3-5-18/h1-13,29H. The summed E-state index contributed by atoms with van der Waals surface area (Å²) >= 11 is 11.8. The fraction of sp³-hybridized carbons (Fsp3) is 0.0455. The molecule has 1 N–H and O–H groups in total. The van der Waals surface area contributed by atoms with Crippen LogP contribution in [-0.2, 0) is 16.2 Å². The third-order valence-corrected chi connectivity index (χ3v) is 6.47. The largest absolute Gasteiger partial charge is 0.420 e. The number of halogens is 5. The summed E-state index contributed by atoms with van der Waals surface area (Å²) in [6, 6.07) is 18.4.